The molecule has 1 aliphatic heterocycles. The van der Waals surface area contributed by atoms with Gasteiger partial charge in [-0.2, -0.15) is 5.26 Å². The summed E-state index contributed by atoms with van der Waals surface area (Å²) in [5.41, 5.74) is 2.74. The van der Waals surface area contributed by atoms with Crippen LogP contribution in [-0.2, 0) is 0 Å². The van der Waals surface area contributed by atoms with Crippen LogP contribution < -0.4 is 14.7 Å². The largest absolute Gasteiger partial charge is 0.368 e. The molecule has 1 fully saturated rings. The van der Waals surface area contributed by atoms with Crippen molar-refractivity contribution in [2.45, 2.75) is 0 Å². The minimum atomic E-state index is 0.629. The number of nitrogens with zero attached hydrogens (tertiary/aromatic N) is 7. The Kier molecular flexibility index (Phi) is 4.47. The number of hydrogen-bond donors (Lipinski definition) is 0. The van der Waals surface area contributed by atoms with Crippen LogP contribution in [0.4, 0.5) is 17.3 Å². The van der Waals surface area contributed by atoms with Gasteiger partial charge in [0.15, 0.2) is 0 Å². The lowest BCUT2D eigenvalue weighted by atomic mass is 10.1. The molecule has 0 spiro atoms. The highest BCUT2D eigenvalue weighted by Gasteiger charge is 2.21. The minimum absolute atomic E-state index is 0.629. The van der Waals surface area contributed by atoms with E-state index in [9.17, 15) is 5.26 Å². The van der Waals surface area contributed by atoms with Crippen molar-refractivity contribution in [3.8, 4) is 6.07 Å². The van der Waals surface area contributed by atoms with Crippen LogP contribution in [0.2, 0.25) is 0 Å². The average Bonchev–Trinajstić information content (AvgIpc) is 2.73. The second-order valence-electron chi connectivity index (χ2n) is 6.75. The Morgan fingerprint density at radius 1 is 1.00 bits per heavy atom. The molecule has 1 aliphatic rings. The summed E-state index contributed by atoms with van der Waals surface area (Å²) < 4.78 is 0. The van der Waals surface area contributed by atoms with Gasteiger partial charge in [-0.05, 0) is 30.3 Å². The number of aromatic nitrogens is 3. The first kappa shape index (κ1) is 17.0. The van der Waals surface area contributed by atoms with Gasteiger partial charge in [0.05, 0.1) is 11.1 Å². The highest BCUT2D eigenvalue weighted by Crippen LogP contribution is 2.28. The van der Waals surface area contributed by atoms with E-state index in [2.05, 4.69) is 49.0 Å². The summed E-state index contributed by atoms with van der Waals surface area (Å²) in [5, 5.41) is 10.4. The van der Waals surface area contributed by atoms with Crippen LogP contribution in [0.1, 0.15) is 5.56 Å². The zero-order valence-electron chi connectivity index (χ0n) is 15.5. The van der Waals surface area contributed by atoms with E-state index in [1.165, 1.54) is 5.69 Å². The van der Waals surface area contributed by atoms with Crippen LogP contribution in [0.25, 0.3) is 10.9 Å². The SMILES string of the molecule is CN(C)c1ncnc2ccc(N3CCN(c4ncccc4C#N)CC3)cc12. The molecular formula is C20H21N7. The van der Waals surface area contributed by atoms with E-state index in [1.54, 1.807) is 18.6 Å². The van der Waals surface area contributed by atoms with Crippen LogP contribution >= 0.6 is 0 Å². The molecule has 0 radical (unpaired) electrons. The van der Waals surface area contributed by atoms with E-state index < -0.39 is 0 Å². The minimum Gasteiger partial charge on any atom is -0.368 e. The Hall–Kier alpha value is -3.40. The summed E-state index contributed by atoms with van der Waals surface area (Å²) in [6, 6.07) is 12.2. The lowest BCUT2D eigenvalue weighted by Gasteiger charge is -2.37. The molecule has 1 aromatic carbocycles. The number of rotatable bonds is 3. The third-order valence-electron chi connectivity index (χ3n) is 4.87. The number of piperazine rings is 1. The standard InChI is InChI=1S/C20H21N7/c1-25(2)20-17-12-16(5-6-18(17)23-14-24-20)26-8-10-27(11-9-26)19-15(13-21)4-3-7-22-19/h3-7,12,14H,8-11H2,1-2H3. The molecule has 3 aromatic rings. The first-order chi connectivity index (χ1) is 13.2. The molecule has 0 saturated carbocycles. The summed E-state index contributed by atoms with van der Waals surface area (Å²) in [5.74, 6) is 1.70. The molecule has 7 heteroatoms. The van der Waals surface area contributed by atoms with Crippen molar-refractivity contribution in [2.75, 3.05) is 55.0 Å². The molecule has 27 heavy (non-hydrogen) atoms. The second kappa shape index (κ2) is 7.08. The Labute approximate surface area is 158 Å². The topological polar surface area (TPSA) is 72.2 Å². The van der Waals surface area contributed by atoms with Gasteiger partial charge in [-0.25, -0.2) is 15.0 Å². The van der Waals surface area contributed by atoms with Gasteiger partial charge in [0, 0.05) is 57.5 Å². The smallest absolute Gasteiger partial charge is 0.146 e. The van der Waals surface area contributed by atoms with E-state index in [-0.39, 0.29) is 0 Å². The maximum absolute atomic E-state index is 9.31. The van der Waals surface area contributed by atoms with Gasteiger partial charge in [-0.1, -0.05) is 0 Å². The molecule has 136 valence electrons. The third kappa shape index (κ3) is 3.22. The quantitative estimate of drug-likeness (QED) is 0.710. The van der Waals surface area contributed by atoms with Crippen molar-refractivity contribution in [2.24, 2.45) is 0 Å². The number of benzene rings is 1. The second-order valence-corrected chi connectivity index (χ2v) is 6.75. The van der Waals surface area contributed by atoms with Gasteiger partial charge < -0.3 is 14.7 Å². The molecular weight excluding hydrogens is 338 g/mol. The van der Waals surface area contributed by atoms with Crippen molar-refractivity contribution < 1.29 is 0 Å². The number of anilines is 3. The zero-order valence-corrected chi connectivity index (χ0v) is 15.5. The van der Waals surface area contributed by atoms with Crippen LogP contribution in [0.3, 0.4) is 0 Å². The van der Waals surface area contributed by atoms with Gasteiger partial charge in [-0.15, -0.1) is 0 Å². The molecule has 0 bridgehead atoms. The Morgan fingerprint density at radius 3 is 2.52 bits per heavy atom. The summed E-state index contributed by atoms with van der Waals surface area (Å²) in [7, 11) is 3.99. The third-order valence-corrected chi connectivity index (χ3v) is 4.87. The first-order valence-corrected chi connectivity index (χ1v) is 8.94. The van der Waals surface area contributed by atoms with Crippen LogP contribution in [0.5, 0.6) is 0 Å². The number of pyridine rings is 1. The van der Waals surface area contributed by atoms with Crippen molar-refractivity contribution in [1.82, 2.24) is 15.0 Å². The molecule has 7 nitrogen and oxygen atoms in total. The maximum Gasteiger partial charge on any atom is 0.146 e. The molecule has 0 atom stereocenters. The predicted molar refractivity (Wildman–Crippen MR) is 107 cm³/mol. The van der Waals surface area contributed by atoms with Gasteiger partial charge in [0.2, 0.25) is 0 Å². The van der Waals surface area contributed by atoms with Crippen LogP contribution in [0, 0.1) is 11.3 Å². The fourth-order valence-corrected chi connectivity index (χ4v) is 3.50. The maximum atomic E-state index is 9.31. The van der Waals surface area contributed by atoms with Gasteiger partial charge in [-0.3, -0.25) is 0 Å². The predicted octanol–water partition coefficient (Wildman–Crippen LogP) is 2.29. The number of fused-ring (bicyclic) bond motifs is 1. The van der Waals surface area contributed by atoms with E-state index in [1.807, 2.05) is 25.1 Å². The molecule has 3 heterocycles. The van der Waals surface area contributed by atoms with Crippen molar-refractivity contribution >= 4 is 28.2 Å². The van der Waals surface area contributed by atoms with E-state index in [4.69, 9.17) is 0 Å². The highest BCUT2D eigenvalue weighted by atomic mass is 15.3. The normalized spacial score (nSPS) is 14.3. The summed E-state index contributed by atoms with van der Waals surface area (Å²) in [6.07, 6.45) is 3.35. The molecule has 0 N–H and O–H groups in total. The van der Waals surface area contributed by atoms with Crippen LogP contribution in [0.15, 0.2) is 42.9 Å². The highest BCUT2D eigenvalue weighted by molar-refractivity contribution is 5.91. The average molecular weight is 359 g/mol. The fraction of sp³-hybridized carbons (Fsp3) is 0.300. The van der Waals surface area contributed by atoms with Gasteiger partial charge in [0.25, 0.3) is 0 Å². The lowest BCUT2D eigenvalue weighted by molar-refractivity contribution is 0.647. The monoisotopic (exact) mass is 359 g/mol. The van der Waals surface area contributed by atoms with Gasteiger partial charge >= 0.3 is 0 Å². The summed E-state index contributed by atoms with van der Waals surface area (Å²) in [6.45, 7) is 3.40. The fourth-order valence-electron chi connectivity index (χ4n) is 3.50. The Morgan fingerprint density at radius 2 is 1.78 bits per heavy atom. The summed E-state index contributed by atoms with van der Waals surface area (Å²) >= 11 is 0. The first-order valence-electron chi connectivity index (χ1n) is 8.94. The van der Waals surface area contributed by atoms with E-state index >= 15 is 0 Å². The molecule has 1 saturated heterocycles. The molecule has 0 unspecified atom stereocenters. The van der Waals surface area contributed by atoms with Gasteiger partial charge in [0.1, 0.15) is 24.0 Å². The lowest BCUT2D eigenvalue weighted by Crippen LogP contribution is -2.47. The van der Waals surface area contributed by atoms with Crippen molar-refractivity contribution in [3.63, 3.8) is 0 Å². The Balaban J connectivity index is 1.56. The van der Waals surface area contributed by atoms with E-state index in [0.717, 1.165) is 48.7 Å². The zero-order chi connectivity index (χ0) is 18.8. The van der Waals surface area contributed by atoms with E-state index in [0.29, 0.717) is 5.56 Å². The molecule has 0 amide bonds. The molecule has 4 rings (SSSR count). The van der Waals surface area contributed by atoms with Crippen molar-refractivity contribution in [3.05, 3.63) is 48.4 Å². The number of nitriles is 1. The summed E-state index contributed by atoms with van der Waals surface area (Å²) in [4.78, 5) is 19.7. The molecule has 2 aromatic heterocycles. The van der Waals surface area contributed by atoms with Crippen LogP contribution in [-0.4, -0.2) is 55.2 Å². The Bertz CT molecular complexity index is 1000. The molecule has 0 aliphatic carbocycles. The number of hydrogen-bond acceptors (Lipinski definition) is 7. The van der Waals surface area contributed by atoms with Crippen molar-refractivity contribution in [1.29, 1.82) is 5.26 Å².